The summed E-state index contributed by atoms with van der Waals surface area (Å²) in [7, 11) is -9.44. The van der Waals surface area contributed by atoms with Crippen LogP contribution in [0, 0.1) is 6.92 Å². The first-order valence-electron chi connectivity index (χ1n) is 11.2. The normalized spacial score (nSPS) is 12.4. The molecule has 0 aliphatic rings. The lowest BCUT2D eigenvalue weighted by Crippen LogP contribution is -2.08. The van der Waals surface area contributed by atoms with Crippen molar-refractivity contribution in [2.75, 3.05) is 5.32 Å². The Morgan fingerprint density at radius 1 is 0.921 bits per heavy atom. The second kappa shape index (κ2) is 9.76. The number of benzene rings is 4. The number of rotatable bonds is 6. The molecule has 4 N–H and O–H groups in total. The van der Waals surface area contributed by atoms with Gasteiger partial charge in [0.25, 0.3) is 20.2 Å². The first-order valence-corrected chi connectivity index (χ1v) is 14.1. The van der Waals surface area contributed by atoms with E-state index in [1.54, 1.807) is 12.1 Å². The number of azo groups is 1. The number of anilines is 1. The summed E-state index contributed by atoms with van der Waals surface area (Å²) < 4.78 is 68.3. The minimum Gasteiger partial charge on any atom is -0.505 e. The Morgan fingerprint density at radius 2 is 1.63 bits per heavy atom. The lowest BCUT2D eigenvalue weighted by Gasteiger charge is -2.14. The molecule has 13 heteroatoms. The molecule has 0 atom stereocenters. The zero-order valence-corrected chi connectivity index (χ0v) is 22.1. The number of hydrogen-bond acceptors (Lipinski definition) is 8. The molecule has 0 spiro atoms. The molecule has 11 nitrogen and oxygen atoms in total. The zero-order valence-electron chi connectivity index (χ0n) is 20.4. The van der Waals surface area contributed by atoms with Crippen LogP contribution in [0.5, 0.6) is 5.75 Å². The van der Waals surface area contributed by atoms with Crippen LogP contribution in [-0.2, 0) is 31.5 Å². The van der Waals surface area contributed by atoms with Crippen molar-refractivity contribution in [1.29, 1.82) is 0 Å². The molecular weight excluding hydrogens is 534 g/mol. The highest BCUT2D eigenvalue weighted by Gasteiger charge is 2.23. The second-order valence-corrected chi connectivity index (χ2v) is 11.3. The van der Waals surface area contributed by atoms with Gasteiger partial charge in [-0.25, -0.2) is 0 Å². The zero-order chi connectivity index (χ0) is 28.0. The van der Waals surface area contributed by atoms with Crippen molar-refractivity contribution in [2.24, 2.45) is 10.2 Å². The summed E-state index contributed by atoms with van der Waals surface area (Å²) in [6, 6.07) is 11.7. The van der Waals surface area contributed by atoms with Gasteiger partial charge in [-0.05, 0) is 54.1 Å². The van der Waals surface area contributed by atoms with Crippen molar-refractivity contribution >= 4 is 64.8 Å². The van der Waals surface area contributed by atoms with Crippen LogP contribution in [0.4, 0.5) is 17.1 Å². The lowest BCUT2D eigenvalue weighted by atomic mass is 10.0. The number of aryl methyl sites for hydroxylation is 2. The molecule has 0 aliphatic heterocycles. The van der Waals surface area contributed by atoms with E-state index in [0.717, 1.165) is 11.6 Å². The number of carbonyl (C=O) groups is 1. The largest absolute Gasteiger partial charge is 0.505 e. The van der Waals surface area contributed by atoms with Crippen LogP contribution < -0.4 is 5.32 Å². The quantitative estimate of drug-likeness (QED) is 0.178. The Morgan fingerprint density at radius 3 is 2.24 bits per heavy atom. The fraction of sp³-hybridized carbons (Fsp3) is 0.160. The summed E-state index contributed by atoms with van der Waals surface area (Å²) in [5.74, 6) is -1.07. The van der Waals surface area contributed by atoms with E-state index in [4.69, 9.17) is 0 Å². The van der Waals surface area contributed by atoms with Crippen LogP contribution in [-0.4, -0.2) is 37.0 Å². The van der Waals surface area contributed by atoms with Gasteiger partial charge in [-0.2, -0.15) is 16.8 Å². The van der Waals surface area contributed by atoms with Crippen LogP contribution in [0.1, 0.15) is 25.0 Å². The summed E-state index contributed by atoms with van der Waals surface area (Å²) in [5, 5.41) is 22.3. The highest BCUT2D eigenvalue weighted by atomic mass is 32.2. The molecule has 4 aromatic rings. The lowest BCUT2D eigenvalue weighted by molar-refractivity contribution is -0.114. The fourth-order valence-electron chi connectivity index (χ4n) is 4.38. The minimum atomic E-state index is -4.74. The summed E-state index contributed by atoms with van der Waals surface area (Å²) >= 11 is 0. The molecule has 38 heavy (non-hydrogen) atoms. The van der Waals surface area contributed by atoms with Gasteiger partial charge in [-0.15, -0.1) is 10.2 Å². The number of aromatic hydroxyl groups is 1. The Hall–Kier alpha value is -3.91. The first kappa shape index (κ1) is 27.1. The topological polar surface area (TPSA) is 183 Å². The second-order valence-electron chi connectivity index (χ2n) is 8.54. The van der Waals surface area contributed by atoms with Crippen LogP contribution >= 0.6 is 0 Å². The van der Waals surface area contributed by atoms with Gasteiger partial charge in [-0.1, -0.05) is 31.2 Å². The third-order valence-electron chi connectivity index (χ3n) is 5.97. The van der Waals surface area contributed by atoms with E-state index < -0.39 is 41.7 Å². The van der Waals surface area contributed by atoms with Gasteiger partial charge >= 0.3 is 0 Å². The van der Waals surface area contributed by atoms with Crippen molar-refractivity contribution < 1.29 is 35.8 Å². The van der Waals surface area contributed by atoms with E-state index in [9.17, 15) is 35.8 Å². The predicted molar refractivity (Wildman–Crippen MR) is 142 cm³/mol. The minimum absolute atomic E-state index is 0.0466. The molecule has 0 bridgehead atoms. The smallest absolute Gasteiger partial charge is 0.297 e. The van der Waals surface area contributed by atoms with E-state index in [2.05, 4.69) is 15.5 Å². The molecule has 0 saturated heterocycles. The van der Waals surface area contributed by atoms with Crippen molar-refractivity contribution in [3.8, 4) is 5.75 Å². The van der Waals surface area contributed by atoms with E-state index >= 15 is 0 Å². The van der Waals surface area contributed by atoms with Gasteiger partial charge in [0.2, 0.25) is 5.91 Å². The summed E-state index contributed by atoms with van der Waals surface area (Å²) in [6.45, 7) is 4.61. The summed E-state index contributed by atoms with van der Waals surface area (Å²) in [4.78, 5) is 10.8. The fourth-order valence-corrected chi connectivity index (χ4v) is 5.89. The number of phenolic OH excluding ortho intramolecular Hbond substituents is 1. The Labute approximate surface area is 218 Å². The molecular formula is C25H23N3O8S2. The third-order valence-corrected chi connectivity index (χ3v) is 7.82. The first-order chi connectivity index (χ1) is 17.7. The molecule has 0 heterocycles. The molecule has 4 rings (SSSR count). The maximum Gasteiger partial charge on any atom is 0.297 e. The van der Waals surface area contributed by atoms with E-state index in [-0.39, 0.29) is 38.8 Å². The standard InChI is InChI=1S/C25H23N3O8S2/c1-4-15-6-5-7-17-16(15)8-9-20(25(17)38(34,35)36)27-28-23-13(2)12-18-21(37(31,32)33)11-10-19(26-14(3)29)22(18)24(23)30/h5-12,30H,4H2,1-3H3,(H,26,29)(H,31,32,33)(H,34,35,36). The van der Waals surface area contributed by atoms with Crippen LogP contribution in [0.3, 0.4) is 0 Å². The van der Waals surface area contributed by atoms with Gasteiger partial charge in [0.05, 0.1) is 11.1 Å². The molecule has 0 aromatic heterocycles. The molecule has 0 aliphatic carbocycles. The van der Waals surface area contributed by atoms with E-state index in [1.165, 1.54) is 38.1 Å². The number of hydrogen-bond donors (Lipinski definition) is 4. The third kappa shape index (κ3) is 4.96. The van der Waals surface area contributed by atoms with Gasteiger partial charge < -0.3 is 10.4 Å². The van der Waals surface area contributed by atoms with Gasteiger partial charge in [0.1, 0.15) is 21.2 Å². The highest BCUT2D eigenvalue weighted by Crippen LogP contribution is 2.45. The van der Waals surface area contributed by atoms with Crippen LogP contribution in [0.15, 0.2) is 68.6 Å². The monoisotopic (exact) mass is 557 g/mol. The van der Waals surface area contributed by atoms with E-state index in [0.29, 0.717) is 11.8 Å². The average molecular weight is 558 g/mol. The SMILES string of the molecule is CCc1cccc2c(S(=O)(=O)O)c(N=Nc3c(C)cc4c(S(=O)(=O)O)ccc(NC(C)=O)c4c3O)ccc12. The number of nitrogens with one attached hydrogen (secondary N) is 1. The number of nitrogens with zero attached hydrogens (tertiary/aromatic N) is 2. The molecule has 0 fully saturated rings. The maximum atomic E-state index is 12.3. The summed E-state index contributed by atoms with van der Waals surface area (Å²) in [6.07, 6.45) is 0.620. The molecule has 0 unspecified atom stereocenters. The number of fused-ring (bicyclic) bond motifs is 2. The number of carbonyl (C=O) groups excluding carboxylic acids is 1. The van der Waals surface area contributed by atoms with Crippen molar-refractivity contribution in [3.63, 3.8) is 0 Å². The molecule has 4 aromatic carbocycles. The number of phenols is 1. The Balaban J connectivity index is 2.00. The van der Waals surface area contributed by atoms with Crippen molar-refractivity contribution in [1.82, 2.24) is 0 Å². The highest BCUT2D eigenvalue weighted by molar-refractivity contribution is 7.86. The number of amides is 1. The Kier molecular flexibility index (Phi) is 6.97. The molecule has 0 saturated carbocycles. The van der Waals surface area contributed by atoms with Crippen LogP contribution in [0.25, 0.3) is 21.5 Å². The maximum absolute atomic E-state index is 12.3. The average Bonchev–Trinajstić information content (AvgIpc) is 2.81. The molecule has 198 valence electrons. The summed E-state index contributed by atoms with van der Waals surface area (Å²) in [5.41, 5.74) is 0.789. The predicted octanol–water partition coefficient (Wildman–Crippen LogP) is 5.44. The van der Waals surface area contributed by atoms with E-state index in [1.807, 2.05) is 13.0 Å². The molecule has 0 radical (unpaired) electrons. The van der Waals surface area contributed by atoms with Gasteiger partial charge in [-0.3, -0.25) is 13.9 Å². The van der Waals surface area contributed by atoms with Crippen molar-refractivity contribution in [2.45, 2.75) is 37.0 Å². The van der Waals surface area contributed by atoms with Crippen LogP contribution in [0.2, 0.25) is 0 Å². The molecule has 1 amide bonds. The Bertz CT molecular complexity index is 1880. The van der Waals surface area contributed by atoms with Crippen molar-refractivity contribution in [3.05, 3.63) is 59.7 Å². The van der Waals surface area contributed by atoms with Gasteiger partial charge in [0.15, 0.2) is 5.75 Å². The van der Waals surface area contributed by atoms with Gasteiger partial charge in [0, 0.05) is 17.7 Å².